The smallest absolute Gasteiger partial charge is 0.0644 e. The first-order valence-electron chi connectivity index (χ1n) is 6.04. The van der Waals surface area contributed by atoms with Crippen molar-refractivity contribution in [1.29, 1.82) is 0 Å². The van der Waals surface area contributed by atoms with Crippen molar-refractivity contribution in [3.8, 4) is 0 Å². The lowest BCUT2D eigenvalue weighted by atomic mass is 10.1. The van der Waals surface area contributed by atoms with Crippen molar-refractivity contribution < 1.29 is 0 Å². The number of aliphatic imine (C=N–C) groups is 1. The van der Waals surface area contributed by atoms with Crippen molar-refractivity contribution in [3.63, 3.8) is 0 Å². The van der Waals surface area contributed by atoms with Gasteiger partial charge in [-0.2, -0.15) is 0 Å². The van der Waals surface area contributed by atoms with Crippen LogP contribution >= 0.6 is 34.8 Å². The number of halogens is 3. The molecule has 1 aromatic rings. The normalized spacial score (nSPS) is 13.6. The summed E-state index contributed by atoms with van der Waals surface area (Å²) in [5.74, 6) is 0. The van der Waals surface area contributed by atoms with Gasteiger partial charge in [0.1, 0.15) is 0 Å². The number of nitrogens with zero attached hydrogens (tertiary/aromatic N) is 1. The molecule has 0 spiro atoms. The summed E-state index contributed by atoms with van der Waals surface area (Å²) in [6.07, 6.45) is 3.58. The van der Waals surface area contributed by atoms with Gasteiger partial charge in [-0.05, 0) is 49.3 Å². The third-order valence-corrected chi connectivity index (χ3v) is 2.92. The Morgan fingerprint density at radius 1 is 1.25 bits per heavy atom. The average molecular weight is 329 g/mol. The highest BCUT2D eigenvalue weighted by Crippen LogP contribution is 2.14. The van der Waals surface area contributed by atoms with Crippen LogP contribution in [0.5, 0.6) is 0 Å². The Morgan fingerprint density at radius 3 is 2.50 bits per heavy atom. The van der Waals surface area contributed by atoms with E-state index in [0.29, 0.717) is 21.6 Å². The Kier molecular flexibility index (Phi) is 7.08. The first kappa shape index (κ1) is 17.0. The minimum absolute atomic E-state index is 0.449. The minimum atomic E-state index is 0.449. The Bertz CT molecular complexity index is 579. The Labute approximate surface area is 135 Å². The predicted molar refractivity (Wildman–Crippen MR) is 91.2 cm³/mol. The second-order valence-corrected chi connectivity index (χ2v) is 5.83. The lowest BCUT2D eigenvalue weighted by Crippen LogP contribution is -1.97. The van der Waals surface area contributed by atoms with Crippen molar-refractivity contribution in [3.05, 3.63) is 69.2 Å². The van der Waals surface area contributed by atoms with Gasteiger partial charge in [0.05, 0.1) is 6.54 Å². The van der Waals surface area contributed by atoms with Crippen molar-refractivity contribution in [2.45, 2.75) is 13.8 Å². The summed E-state index contributed by atoms with van der Waals surface area (Å²) in [6.45, 7) is 7.88. The van der Waals surface area contributed by atoms with E-state index in [2.05, 4.69) is 11.6 Å². The SMILES string of the molecule is C=C(Cl)/C=C(\C=C(/C)Cl)CN=C(C)c1cccc(Cl)c1. The minimum Gasteiger partial charge on any atom is -0.285 e. The van der Waals surface area contributed by atoms with E-state index in [-0.39, 0.29) is 0 Å². The van der Waals surface area contributed by atoms with Crippen LogP contribution in [0.3, 0.4) is 0 Å². The van der Waals surface area contributed by atoms with Crippen LogP contribution in [0.25, 0.3) is 0 Å². The molecule has 1 aromatic carbocycles. The molecular formula is C16H16Cl3N. The lowest BCUT2D eigenvalue weighted by Gasteiger charge is -2.03. The summed E-state index contributed by atoms with van der Waals surface area (Å²) in [7, 11) is 0. The molecule has 0 saturated heterocycles. The van der Waals surface area contributed by atoms with Crippen LogP contribution in [0, 0.1) is 0 Å². The van der Waals surface area contributed by atoms with Gasteiger partial charge in [0, 0.05) is 20.8 Å². The third kappa shape index (κ3) is 6.42. The van der Waals surface area contributed by atoms with E-state index in [1.54, 1.807) is 13.0 Å². The number of benzene rings is 1. The highest BCUT2D eigenvalue weighted by atomic mass is 35.5. The third-order valence-electron chi connectivity index (χ3n) is 2.47. The molecule has 0 bridgehead atoms. The summed E-state index contributed by atoms with van der Waals surface area (Å²) in [6, 6.07) is 7.59. The second-order valence-electron chi connectivity index (χ2n) is 4.31. The summed E-state index contributed by atoms with van der Waals surface area (Å²) in [5.41, 5.74) is 2.80. The van der Waals surface area contributed by atoms with Crippen molar-refractivity contribution in [2.75, 3.05) is 6.54 Å². The maximum atomic E-state index is 5.97. The molecule has 0 unspecified atom stereocenters. The molecule has 1 nitrogen and oxygen atoms in total. The summed E-state index contributed by atoms with van der Waals surface area (Å²) < 4.78 is 0. The Hall–Kier alpha value is -1.02. The fourth-order valence-corrected chi connectivity index (χ4v) is 2.07. The first-order chi connectivity index (χ1) is 9.38. The van der Waals surface area contributed by atoms with E-state index in [0.717, 1.165) is 16.8 Å². The van der Waals surface area contributed by atoms with Gasteiger partial charge in [0.2, 0.25) is 0 Å². The molecule has 0 atom stereocenters. The first-order valence-corrected chi connectivity index (χ1v) is 7.17. The lowest BCUT2D eigenvalue weighted by molar-refractivity contribution is 1.17. The quantitative estimate of drug-likeness (QED) is 0.466. The summed E-state index contributed by atoms with van der Waals surface area (Å²) in [5, 5.41) is 1.81. The van der Waals surface area contributed by atoms with E-state index < -0.39 is 0 Å². The van der Waals surface area contributed by atoms with Gasteiger partial charge in [0.25, 0.3) is 0 Å². The molecule has 0 radical (unpaired) electrons. The Morgan fingerprint density at radius 2 is 1.95 bits per heavy atom. The molecule has 0 saturated carbocycles. The van der Waals surface area contributed by atoms with Crippen molar-refractivity contribution >= 4 is 40.5 Å². The van der Waals surface area contributed by atoms with Crippen LogP contribution < -0.4 is 0 Å². The second kappa shape index (κ2) is 8.31. The summed E-state index contributed by atoms with van der Waals surface area (Å²) >= 11 is 17.7. The maximum Gasteiger partial charge on any atom is 0.0644 e. The van der Waals surface area contributed by atoms with E-state index >= 15 is 0 Å². The molecule has 0 N–H and O–H groups in total. The fraction of sp³-hybridized carbons (Fsp3) is 0.188. The van der Waals surface area contributed by atoms with Gasteiger partial charge in [0.15, 0.2) is 0 Å². The fourth-order valence-electron chi connectivity index (χ4n) is 1.60. The standard InChI is InChI=1S/C16H16Cl3N/c1-11(17)7-14(8-12(2)18)10-20-13(3)15-5-4-6-16(19)9-15/h4-9H,1,10H2,2-3H3/b12-8+,14-7+,20-13?. The highest BCUT2D eigenvalue weighted by molar-refractivity contribution is 6.31. The molecule has 106 valence electrons. The zero-order chi connectivity index (χ0) is 15.1. The Balaban J connectivity index is 2.93. The van der Waals surface area contributed by atoms with E-state index in [1.807, 2.05) is 37.3 Å². The van der Waals surface area contributed by atoms with Gasteiger partial charge >= 0.3 is 0 Å². The molecule has 20 heavy (non-hydrogen) atoms. The molecule has 4 heteroatoms. The maximum absolute atomic E-state index is 5.97. The predicted octanol–water partition coefficient (Wildman–Crippen LogP) is 5.97. The molecule has 0 aliphatic carbocycles. The highest BCUT2D eigenvalue weighted by Gasteiger charge is 2.00. The van der Waals surface area contributed by atoms with E-state index in [9.17, 15) is 0 Å². The topological polar surface area (TPSA) is 12.4 Å². The van der Waals surface area contributed by atoms with Crippen molar-refractivity contribution in [2.24, 2.45) is 4.99 Å². The van der Waals surface area contributed by atoms with Gasteiger partial charge in [-0.3, -0.25) is 4.99 Å². The monoisotopic (exact) mass is 327 g/mol. The van der Waals surface area contributed by atoms with Crippen LogP contribution in [-0.2, 0) is 0 Å². The molecule has 0 heterocycles. The zero-order valence-corrected chi connectivity index (χ0v) is 13.7. The molecule has 0 amide bonds. The molecule has 0 fully saturated rings. The molecule has 0 aromatic heterocycles. The van der Waals surface area contributed by atoms with Gasteiger partial charge in [-0.15, -0.1) is 0 Å². The van der Waals surface area contributed by atoms with Crippen LogP contribution in [-0.4, -0.2) is 12.3 Å². The van der Waals surface area contributed by atoms with Crippen LogP contribution in [0.1, 0.15) is 19.4 Å². The zero-order valence-electron chi connectivity index (χ0n) is 11.5. The molecule has 0 aliphatic heterocycles. The number of rotatable bonds is 5. The average Bonchev–Trinajstić information content (AvgIpc) is 2.34. The molecular weight excluding hydrogens is 313 g/mol. The number of allylic oxidation sites excluding steroid dienone is 3. The number of hydrogen-bond donors (Lipinski definition) is 0. The van der Waals surface area contributed by atoms with E-state index in [4.69, 9.17) is 34.8 Å². The number of hydrogen-bond acceptors (Lipinski definition) is 1. The van der Waals surface area contributed by atoms with Gasteiger partial charge < -0.3 is 0 Å². The van der Waals surface area contributed by atoms with Crippen LogP contribution in [0.15, 0.2) is 63.6 Å². The summed E-state index contributed by atoms with van der Waals surface area (Å²) in [4.78, 5) is 4.53. The van der Waals surface area contributed by atoms with Crippen molar-refractivity contribution in [1.82, 2.24) is 0 Å². The van der Waals surface area contributed by atoms with Gasteiger partial charge in [-0.25, -0.2) is 0 Å². The van der Waals surface area contributed by atoms with Crippen LogP contribution in [0.4, 0.5) is 0 Å². The van der Waals surface area contributed by atoms with Gasteiger partial charge in [-0.1, -0.05) is 53.5 Å². The van der Waals surface area contributed by atoms with E-state index in [1.165, 1.54) is 0 Å². The molecule has 1 rings (SSSR count). The molecule has 0 aliphatic rings. The largest absolute Gasteiger partial charge is 0.285 e. The van der Waals surface area contributed by atoms with Crippen LogP contribution in [0.2, 0.25) is 5.02 Å².